The van der Waals surface area contributed by atoms with Crippen molar-refractivity contribution in [2.24, 2.45) is 16.7 Å². The number of hydrogen-bond acceptors (Lipinski definition) is 3. The highest BCUT2D eigenvalue weighted by Gasteiger charge is 2.39. The molecule has 0 spiro atoms. The summed E-state index contributed by atoms with van der Waals surface area (Å²) in [5, 5.41) is 13.9. The molecule has 1 fully saturated rings. The van der Waals surface area contributed by atoms with Crippen molar-refractivity contribution in [3.8, 4) is 6.07 Å². The largest absolute Gasteiger partial charge is 0.250 e. The van der Waals surface area contributed by atoms with Crippen LogP contribution in [0.1, 0.15) is 59.2 Å². The van der Waals surface area contributed by atoms with E-state index in [4.69, 9.17) is 0 Å². The maximum Gasteiger partial charge on any atom is 0.138 e. The molecule has 0 unspecified atom stereocenters. The Morgan fingerprint density at radius 2 is 2.05 bits per heavy atom. The molecule has 1 saturated carbocycles. The van der Waals surface area contributed by atoms with Gasteiger partial charge in [-0.15, -0.1) is 0 Å². The number of hydrogen-bond donors (Lipinski definition) is 0. The van der Waals surface area contributed by atoms with Gasteiger partial charge in [-0.25, -0.2) is 4.98 Å². The molecule has 110 valence electrons. The molecule has 0 radical (unpaired) electrons. The Bertz CT molecular complexity index is 481. The predicted octanol–water partition coefficient (Wildman–Crippen LogP) is 3.59. The van der Waals surface area contributed by atoms with Crippen LogP contribution in [-0.2, 0) is 13.0 Å². The van der Waals surface area contributed by atoms with Gasteiger partial charge < -0.3 is 0 Å². The fraction of sp³-hybridized carbons (Fsp3) is 0.812. The number of aryl methyl sites for hydroxylation is 1. The lowest BCUT2D eigenvalue weighted by atomic mass is 9.63. The van der Waals surface area contributed by atoms with E-state index >= 15 is 0 Å². The average Bonchev–Trinajstić information content (AvgIpc) is 2.85. The van der Waals surface area contributed by atoms with E-state index in [0.29, 0.717) is 5.41 Å². The van der Waals surface area contributed by atoms with Crippen molar-refractivity contribution in [1.29, 1.82) is 5.26 Å². The second-order valence-electron chi connectivity index (χ2n) is 7.20. The molecule has 0 aliphatic heterocycles. The minimum Gasteiger partial charge on any atom is -0.250 e. The molecular weight excluding hydrogens is 248 g/mol. The molecule has 1 heterocycles. The van der Waals surface area contributed by atoms with Crippen LogP contribution in [0.4, 0.5) is 0 Å². The molecule has 0 aromatic carbocycles. The van der Waals surface area contributed by atoms with Gasteiger partial charge in [-0.3, -0.25) is 4.68 Å². The number of aromatic nitrogens is 3. The van der Waals surface area contributed by atoms with Gasteiger partial charge in [0.2, 0.25) is 0 Å². The lowest BCUT2D eigenvalue weighted by Crippen LogP contribution is -2.33. The van der Waals surface area contributed by atoms with Crippen LogP contribution in [0.2, 0.25) is 0 Å². The Morgan fingerprint density at radius 1 is 1.40 bits per heavy atom. The molecule has 1 aromatic rings. The zero-order chi connectivity index (χ0) is 14.8. The fourth-order valence-corrected chi connectivity index (χ4v) is 3.36. The quantitative estimate of drug-likeness (QED) is 0.846. The minimum atomic E-state index is -0.234. The monoisotopic (exact) mass is 274 g/mol. The Morgan fingerprint density at radius 3 is 2.55 bits per heavy atom. The number of nitriles is 1. The first kappa shape index (κ1) is 15.0. The summed E-state index contributed by atoms with van der Waals surface area (Å²) in [5.74, 6) is 1.69. The molecule has 2 rings (SSSR count). The molecule has 1 aliphatic carbocycles. The van der Waals surface area contributed by atoms with E-state index in [9.17, 15) is 5.26 Å². The van der Waals surface area contributed by atoms with Crippen molar-refractivity contribution in [1.82, 2.24) is 14.8 Å². The predicted molar refractivity (Wildman–Crippen MR) is 78.9 cm³/mol. The SMILES string of the molecule is CCn1ncnc1CC1(C#N)CCC(C(C)(C)C)CC1. The first-order valence-electron chi connectivity index (χ1n) is 7.68. The van der Waals surface area contributed by atoms with Crippen molar-refractivity contribution in [2.45, 2.75) is 66.3 Å². The third-order valence-electron chi connectivity index (χ3n) is 4.90. The lowest BCUT2D eigenvalue weighted by Gasteiger charge is -2.40. The van der Waals surface area contributed by atoms with Crippen molar-refractivity contribution >= 4 is 0 Å². The summed E-state index contributed by atoms with van der Waals surface area (Å²) in [6, 6.07) is 2.60. The Kier molecular flexibility index (Phi) is 4.17. The van der Waals surface area contributed by atoms with Crippen LogP contribution in [0.3, 0.4) is 0 Å². The summed E-state index contributed by atoms with van der Waals surface area (Å²) in [4.78, 5) is 4.34. The number of rotatable bonds is 3. The molecule has 0 atom stereocenters. The van der Waals surface area contributed by atoms with Gasteiger partial charge in [0.25, 0.3) is 0 Å². The summed E-state index contributed by atoms with van der Waals surface area (Å²) in [5.41, 5.74) is 0.118. The average molecular weight is 274 g/mol. The van der Waals surface area contributed by atoms with E-state index in [1.165, 1.54) is 0 Å². The standard InChI is InChI=1S/C16H26N4/c1-5-20-14(18-12-19-20)10-16(11-17)8-6-13(7-9-16)15(2,3)4/h12-13H,5-10H2,1-4H3. The summed E-state index contributed by atoms with van der Waals surface area (Å²) >= 11 is 0. The normalized spacial score (nSPS) is 27.2. The summed E-state index contributed by atoms with van der Waals surface area (Å²) in [6.45, 7) is 9.81. The van der Waals surface area contributed by atoms with E-state index in [-0.39, 0.29) is 5.41 Å². The van der Waals surface area contributed by atoms with Gasteiger partial charge in [-0.05, 0) is 43.9 Å². The van der Waals surface area contributed by atoms with Gasteiger partial charge in [0, 0.05) is 13.0 Å². The molecule has 0 N–H and O–H groups in total. The lowest BCUT2D eigenvalue weighted by molar-refractivity contribution is 0.119. The van der Waals surface area contributed by atoms with Crippen LogP contribution in [0.15, 0.2) is 6.33 Å². The third-order valence-corrected chi connectivity index (χ3v) is 4.90. The molecule has 4 nitrogen and oxygen atoms in total. The molecule has 0 amide bonds. The maximum atomic E-state index is 9.69. The smallest absolute Gasteiger partial charge is 0.138 e. The molecule has 4 heteroatoms. The Labute approximate surface area is 122 Å². The maximum absolute atomic E-state index is 9.69. The second-order valence-corrected chi connectivity index (χ2v) is 7.20. The fourth-order valence-electron chi connectivity index (χ4n) is 3.36. The molecule has 20 heavy (non-hydrogen) atoms. The van der Waals surface area contributed by atoms with Crippen LogP contribution in [-0.4, -0.2) is 14.8 Å². The first-order chi connectivity index (χ1) is 9.40. The van der Waals surface area contributed by atoms with E-state index in [0.717, 1.165) is 50.4 Å². The van der Waals surface area contributed by atoms with Crippen LogP contribution in [0.5, 0.6) is 0 Å². The van der Waals surface area contributed by atoms with Gasteiger partial charge in [0.15, 0.2) is 0 Å². The minimum absolute atomic E-state index is 0.234. The third kappa shape index (κ3) is 3.03. The Hall–Kier alpha value is -1.37. The topological polar surface area (TPSA) is 54.5 Å². The first-order valence-corrected chi connectivity index (χ1v) is 7.68. The van der Waals surface area contributed by atoms with Gasteiger partial charge in [0.05, 0.1) is 11.5 Å². The zero-order valence-electron chi connectivity index (χ0n) is 13.2. The number of nitrogens with zero attached hydrogens (tertiary/aromatic N) is 4. The van der Waals surface area contributed by atoms with E-state index < -0.39 is 0 Å². The van der Waals surface area contributed by atoms with E-state index in [1.54, 1.807) is 6.33 Å². The van der Waals surface area contributed by atoms with Crippen LogP contribution >= 0.6 is 0 Å². The molecule has 0 bridgehead atoms. The summed E-state index contributed by atoms with van der Waals surface area (Å²) < 4.78 is 1.91. The van der Waals surface area contributed by atoms with Crippen molar-refractivity contribution < 1.29 is 0 Å². The van der Waals surface area contributed by atoms with Crippen molar-refractivity contribution in [2.75, 3.05) is 0 Å². The molecule has 1 aliphatic rings. The second kappa shape index (κ2) is 5.55. The van der Waals surface area contributed by atoms with Crippen molar-refractivity contribution in [3.05, 3.63) is 12.2 Å². The van der Waals surface area contributed by atoms with Crippen LogP contribution in [0.25, 0.3) is 0 Å². The van der Waals surface area contributed by atoms with Crippen LogP contribution in [0, 0.1) is 28.1 Å². The summed E-state index contributed by atoms with van der Waals surface area (Å²) in [6.07, 6.45) is 6.62. The summed E-state index contributed by atoms with van der Waals surface area (Å²) in [7, 11) is 0. The van der Waals surface area contributed by atoms with Crippen LogP contribution < -0.4 is 0 Å². The van der Waals surface area contributed by atoms with Gasteiger partial charge in [-0.2, -0.15) is 10.4 Å². The van der Waals surface area contributed by atoms with Gasteiger partial charge >= 0.3 is 0 Å². The van der Waals surface area contributed by atoms with Crippen molar-refractivity contribution in [3.63, 3.8) is 0 Å². The van der Waals surface area contributed by atoms with E-state index in [2.05, 4.69) is 43.8 Å². The van der Waals surface area contributed by atoms with Gasteiger partial charge in [0.1, 0.15) is 12.2 Å². The molecular formula is C16H26N4. The highest BCUT2D eigenvalue weighted by atomic mass is 15.3. The molecule has 0 saturated heterocycles. The highest BCUT2D eigenvalue weighted by molar-refractivity contribution is 5.08. The Balaban J connectivity index is 2.08. The molecule has 1 aromatic heterocycles. The van der Waals surface area contributed by atoms with E-state index in [1.807, 2.05) is 4.68 Å². The highest BCUT2D eigenvalue weighted by Crippen LogP contribution is 2.46. The zero-order valence-corrected chi connectivity index (χ0v) is 13.2. The van der Waals surface area contributed by atoms with Gasteiger partial charge in [-0.1, -0.05) is 20.8 Å².